The van der Waals surface area contributed by atoms with Gasteiger partial charge < -0.3 is 5.32 Å². The number of aromatic nitrogens is 2. The van der Waals surface area contributed by atoms with E-state index in [1.54, 1.807) is 11.3 Å². The second kappa shape index (κ2) is 5.69. The Hall–Kier alpha value is -1.78. The number of H-pyrrole nitrogens is 1. The molecule has 2 N–H and O–H groups in total. The highest BCUT2D eigenvalue weighted by Crippen LogP contribution is 2.27. The van der Waals surface area contributed by atoms with Gasteiger partial charge in [-0.1, -0.05) is 17.7 Å². The van der Waals surface area contributed by atoms with E-state index in [2.05, 4.69) is 27.0 Å². The van der Waals surface area contributed by atoms with Crippen molar-refractivity contribution in [1.82, 2.24) is 10.2 Å². The Balaban J connectivity index is 1.78. The van der Waals surface area contributed by atoms with E-state index >= 15 is 0 Å². The molecule has 0 radical (unpaired) electrons. The van der Waals surface area contributed by atoms with E-state index in [9.17, 15) is 0 Å². The molecule has 0 aliphatic carbocycles. The van der Waals surface area contributed by atoms with Crippen molar-refractivity contribution in [3.05, 3.63) is 58.1 Å². The normalized spacial score (nSPS) is 10.7. The third-order valence-electron chi connectivity index (χ3n) is 3.14. The van der Waals surface area contributed by atoms with Crippen molar-refractivity contribution < 1.29 is 0 Å². The third kappa shape index (κ3) is 2.71. The smallest absolute Gasteiger partial charge is 0.0799 e. The van der Waals surface area contributed by atoms with Crippen molar-refractivity contribution in [2.45, 2.75) is 13.5 Å². The van der Waals surface area contributed by atoms with E-state index in [0.717, 1.165) is 34.1 Å². The summed E-state index contributed by atoms with van der Waals surface area (Å²) in [6.45, 7) is 2.77. The van der Waals surface area contributed by atoms with Gasteiger partial charge in [-0.3, -0.25) is 5.10 Å². The Bertz CT molecular complexity index is 704. The zero-order valence-electron chi connectivity index (χ0n) is 11.0. The molecule has 0 saturated carbocycles. The SMILES string of the molecule is Cc1cc(Cl)ccc1NCc1cn[nH]c1-c1cccs1. The minimum atomic E-state index is 0.728. The van der Waals surface area contributed by atoms with E-state index < -0.39 is 0 Å². The van der Waals surface area contributed by atoms with Gasteiger partial charge in [0.1, 0.15) is 0 Å². The van der Waals surface area contributed by atoms with Crippen LogP contribution in [-0.2, 0) is 6.54 Å². The maximum Gasteiger partial charge on any atom is 0.0799 e. The molecule has 0 atom stereocenters. The second-order valence-corrected chi connectivity index (χ2v) is 5.94. The van der Waals surface area contributed by atoms with Gasteiger partial charge in [0.25, 0.3) is 0 Å². The number of halogens is 1. The summed E-state index contributed by atoms with van der Waals surface area (Å²) in [5.41, 5.74) is 4.47. The zero-order valence-corrected chi connectivity index (χ0v) is 12.6. The average Bonchev–Trinajstić information content (AvgIpc) is 3.08. The molecule has 2 heterocycles. The molecule has 0 amide bonds. The fourth-order valence-electron chi connectivity index (χ4n) is 2.10. The van der Waals surface area contributed by atoms with Crippen LogP contribution >= 0.6 is 22.9 Å². The molecule has 3 nitrogen and oxygen atoms in total. The molecule has 2 aromatic heterocycles. The van der Waals surface area contributed by atoms with Gasteiger partial charge >= 0.3 is 0 Å². The number of aromatic amines is 1. The van der Waals surface area contributed by atoms with Crippen molar-refractivity contribution in [2.75, 3.05) is 5.32 Å². The molecule has 20 heavy (non-hydrogen) atoms. The lowest BCUT2D eigenvalue weighted by Gasteiger charge is -2.09. The van der Waals surface area contributed by atoms with E-state index in [0.29, 0.717) is 0 Å². The molecule has 0 bridgehead atoms. The molecule has 0 spiro atoms. The van der Waals surface area contributed by atoms with Gasteiger partial charge in [-0.15, -0.1) is 11.3 Å². The van der Waals surface area contributed by atoms with Crippen LogP contribution < -0.4 is 5.32 Å². The van der Waals surface area contributed by atoms with Crippen LogP contribution in [0.15, 0.2) is 41.9 Å². The van der Waals surface area contributed by atoms with Crippen molar-refractivity contribution in [1.29, 1.82) is 0 Å². The Kier molecular flexibility index (Phi) is 3.76. The third-order valence-corrected chi connectivity index (χ3v) is 4.27. The Morgan fingerprint density at radius 2 is 2.25 bits per heavy atom. The summed E-state index contributed by atoms with van der Waals surface area (Å²) in [4.78, 5) is 1.20. The van der Waals surface area contributed by atoms with Gasteiger partial charge in [-0.05, 0) is 42.1 Å². The predicted octanol–water partition coefficient (Wildman–Crippen LogP) is 4.71. The highest BCUT2D eigenvalue weighted by molar-refractivity contribution is 7.13. The molecule has 3 rings (SSSR count). The summed E-state index contributed by atoms with van der Waals surface area (Å²) < 4.78 is 0. The van der Waals surface area contributed by atoms with Crippen molar-refractivity contribution in [3.8, 4) is 10.6 Å². The van der Waals surface area contributed by atoms with Crippen LogP contribution in [0.2, 0.25) is 5.02 Å². The summed E-state index contributed by atoms with van der Waals surface area (Å²) >= 11 is 7.67. The first kappa shape index (κ1) is 13.2. The fourth-order valence-corrected chi connectivity index (χ4v) is 3.08. The number of anilines is 1. The minimum Gasteiger partial charge on any atom is -0.381 e. The van der Waals surface area contributed by atoms with Crippen LogP contribution in [0, 0.1) is 6.92 Å². The number of hydrogen-bond donors (Lipinski definition) is 2. The quantitative estimate of drug-likeness (QED) is 0.732. The van der Waals surface area contributed by atoms with Gasteiger partial charge in [0.15, 0.2) is 0 Å². The number of nitrogens with zero attached hydrogens (tertiary/aromatic N) is 1. The summed E-state index contributed by atoms with van der Waals surface area (Å²) in [6.07, 6.45) is 1.87. The van der Waals surface area contributed by atoms with E-state index in [-0.39, 0.29) is 0 Å². The molecule has 5 heteroatoms. The monoisotopic (exact) mass is 303 g/mol. The number of nitrogens with one attached hydrogen (secondary N) is 2. The van der Waals surface area contributed by atoms with Crippen LogP contribution in [-0.4, -0.2) is 10.2 Å². The van der Waals surface area contributed by atoms with Crippen LogP contribution in [0.4, 0.5) is 5.69 Å². The zero-order chi connectivity index (χ0) is 13.9. The van der Waals surface area contributed by atoms with Gasteiger partial charge in [-0.25, -0.2) is 0 Å². The van der Waals surface area contributed by atoms with Crippen LogP contribution in [0.1, 0.15) is 11.1 Å². The minimum absolute atomic E-state index is 0.728. The Morgan fingerprint density at radius 1 is 1.35 bits per heavy atom. The number of aryl methyl sites for hydroxylation is 1. The van der Waals surface area contributed by atoms with Gasteiger partial charge in [0.05, 0.1) is 16.8 Å². The highest BCUT2D eigenvalue weighted by atomic mass is 35.5. The first-order valence-corrected chi connectivity index (χ1v) is 7.56. The van der Waals surface area contributed by atoms with Crippen molar-refractivity contribution in [2.24, 2.45) is 0 Å². The largest absolute Gasteiger partial charge is 0.381 e. The lowest BCUT2D eigenvalue weighted by Crippen LogP contribution is -2.01. The van der Waals surface area contributed by atoms with Crippen molar-refractivity contribution in [3.63, 3.8) is 0 Å². The van der Waals surface area contributed by atoms with Crippen LogP contribution in [0.3, 0.4) is 0 Å². The summed E-state index contributed by atoms with van der Waals surface area (Å²) in [6, 6.07) is 9.99. The fraction of sp³-hybridized carbons (Fsp3) is 0.133. The second-order valence-electron chi connectivity index (χ2n) is 4.56. The Morgan fingerprint density at radius 3 is 3.00 bits per heavy atom. The average molecular weight is 304 g/mol. The highest BCUT2D eigenvalue weighted by Gasteiger charge is 2.08. The number of hydrogen-bond acceptors (Lipinski definition) is 3. The number of rotatable bonds is 4. The molecular weight excluding hydrogens is 290 g/mol. The first-order chi connectivity index (χ1) is 9.74. The lowest BCUT2D eigenvalue weighted by atomic mass is 10.1. The molecule has 0 fully saturated rings. The molecule has 3 aromatic rings. The van der Waals surface area contributed by atoms with E-state index in [4.69, 9.17) is 11.6 Å². The molecule has 102 valence electrons. The Labute approximate surface area is 126 Å². The summed E-state index contributed by atoms with van der Waals surface area (Å²) in [5.74, 6) is 0. The molecule has 0 saturated heterocycles. The topological polar surface area (TPSA) is 40.7 Å². The van der Waals surface area contributed by atoms with Gasteiger partial charge in [-0.2, -0.15) is 5.10 Å². The molecular formula is C15H14ClN3S. The molecule has 0 aliphatic rings. The predicted molar refractivity (Wildman–Crippen MR) is 85.4 cm³/mol. The first-order valence-electron chi connectivity index (χ1n) is 6.30. The molecule has 0 unspecified atom stereocenters. The maximum atomic E-state index is 5.97. The summed E-state index contributed by atoms with van der Waals surface area (Å²) in [5, 5.41) is 13.5. The molecule has 0 aliphatic heterocycles. The van der Waals surface area contributed by atoms with Crippen LogP contribution in [0.25, 0.3) is 10.6 Å². The van der Waals surface area contributed by atoms with Crippen LogP contribution in [0.5, 0.6) is 0 Å². The van der Waals surface area contributed by atoms with E-state index in [1.807, 2.05) is 37.4 Å². The molecule has 1 aromatic carbocycles. The van der Waals surface area contributed by atoms with E-state index in [1.165, 1.54) is 4.88 Å². The van der Waals surface area contributed by atoms with Gasteiger partial charge in [0, 0.05) is 22.8 Å². The maximum absolute atomic E-state index is 5.97. The van der Waals surface area contributed by atoms with Gasteiger partial charge in [0.2, 0.25) is 0 Å². The lowest BCUT2D eigenvalue weighted by molar-refractivity contribution is 1.10. The number of benzene rings is 1. The standard InChI is InChI=1S/C15H14ClN3S/c1-10-7-12(16)4-5-13(10)17-8-11-9-18-19-15(11)14-3-2-6-20-14/h2-7,9,17H,8H2,1H3,(H,18,19). The van der Waals surface area contributed by atoms with Crippen molar-refractivity contribution >= 4 is 28.6 Å². The summed E-state index contributed by atoms with van der Waals surface area (Å²) in [7, 11) is 0. The number of thiophene rings is 1.